The van der Waals surface area contributed by atoms with Crippen molar-refractivity contribution in [2.45, 2.75) is 29.5 Å². The first kappa shape index (κ1) is 14.4. The third-order valence-electron chi connectivity index (χ3n) is 3.13. The van der Waals surface area contributed by atoms with Crippen LogP contribution in [0, 0.1) is 0 Å². The summed E-state index contributed by atoms with van der Waals surface area (Å²) in [7, 11) is -1.25. The molecule has 1 N–H and O–H groups in total. The van der Waals surface area contributed by atoms with Crippen LogP contribution in [0.1, 0.15) is 29.2 Å². The van der Waals surface area contributed by atoms with Crippen molar-refractivity contribution in [1.82, 2.24) is 5.32 Å². The van der Waals surface area contributed by atoms with Crippen molar-refractivity contribution in [3.05, 3.63) is 52.9 Å². The van der Waals surface area contributed by atoms with E-state index in [0.29, 0.717) is 15.7 Å². The smallest absolute Gasteiger partial charge is 0.287 e. The average Bonchev–Trinajstić information content (AvgIpc) is 3.14. The molecule has 110 valence electrons. The number of benzene rings is 1. The van der Waals surface area contributed by atoms with Gasteiger partial charge in [0.05, 0.1) is 16.6 Å². The Bertz CT molecular complexity index is 694. The summed E-state index contributed by atoms with van der Waals surface area (Å²) < 4.78 is 17.7. The Morgan fingerprint density at radius 2 is 2.14 bits per heavy atom. The molecular weight excluding hydrogens is 310 g/mol. The summed E-state index contributed by atoms with van der Waals surface area (Å²) in [5, 5.41) is 3.40. The second kappa shape index (κ2) is 6.03. The zero-order valence-electron chi connectivity index (χ0n) is 11.2. The molecule has 1 heterocycles. The molecule has 1 atom stereocenters. The lowest BCUT2D eigenvalue weighted by molar-refractivity contribution is 0.0922. The molecule has 1 saturated carbocycles. The predicted octanol–water partition coefficient (Wildman–Crippen LogP) is 3.13. The van der Waals surface area contributed by atoms with Gasteiger partial charge in [0.2, 0.25) is 0 Å². The van der Waals surface area contributed by atoms with Crippen LogP contribution in [0.4, 0.5) is 0 Å². The van der Waals surface area contributed by atoms with Crippen LogP contribution < -0.4 is 5.32 Å². The minimum atomic E-state index is -1.25. The average molecular weight is 324 g/mol. The molecule has 1 aromatic carbocycles. The highest BCUT2D eigenvalue weighted by Crippen LogP contribution is 2.21. The molecule has 4 nitrogen and oxygen atoms in total. The fourth-order valence-corrected chi connectivity index (χ4v) is 3.21. The quantitative estimate of drug-likeness (QED) is 0.919. The fourth-order valence-electron chi connectivity index (χ4n) is 1.88. The van der Waals surface area contributed by atoms with Gasteiger partial charge in [-0.15, -0.1) is 0 Å². The highest BCUT2D eigenvalue weighted by molar-refractivity contribution is 7.84. The van der Waals surface area contributed by atoms with Gasteiger partial charge in [0.25, 0.3) is 5.91 Å². The zero-order chi connectivity index (χ0) is 14.8. The van der Waals surface area contributed by atoms with Crippen LogP contribution in [0.3, 0.4) is 0 Å². The number of amides is 1. The van der Waals surface area contributed by atoms with Crippen LogP contribution in [0.25, 0.3) is 0 Å². The van der Waals surface area contributed by atoms with E-state index in [0.717, 1.165) is 12.8 Å². The van der Waals surface area contributed by atoms with Gasteiger partial charge in [0.15, 0.2) is 5.76 Å². The molecule has 1 aromatic heterocycles. The second-order valence-corrected chi connectivity index (χ2v) is 6.85. The number of halogens is 1. The van der Waals surface area contributed by atoms with Crippen molar-refractivity contribution in [2.24, 2.45) is 0 Å². The summed E-state index contributed by atoms with van der Waals surface area (Å²) in [6, 6.07) is 10.5. The predicted molar refractivity (Wildman–Crippen MR) is 80.8 cm³/mol. The number of nitrogens with one attached hydrogen (secondary N) is 1. The molecule has 2 aromatic rings. The van der Waals surface area contributed by atoms with E-state index in [4.69, 9.17) is 16.0 Å². The Kier molecular flexibility index (Phi) is 4.12. The van der Waals surface area contributed by atoms with Crippen LogP contribution in [0.2, 0.25) is 5.02 Å². The van der Waals surface area contributed by atoms with Crippen molar-refractivity contribution in [1.29, 1.82) is 0 Å². The summed E-state index contributed by atoms with van der Waals surface area (Å²) in [4.78, 5) is 12.5. The van der Waals surface area contributed by atoms with Crippen molar-refractivity contribution < 1.29 is 13.4 Å². The number of rotatable bonds is 5. The SMILES string of the molecule is O=C(NC1CC1)c1ccc(CS(=O)c2cccc(Cl)c2)o1. The molecule has 0 saturated heterocycles. The van der Waals surface area contributed by atoms with E-state index in [1.54, 1.807) is 36.4 Å². The van der Waals surface area contributed by atoms with E-state index in [-0.39, 0.29) is 23.5 Å². The Morgan fingerprint density at radius 1 is 1.33 bits per heavy atom. The zero-order valence-corrected chi connectivity index (χ0v) is 12.7. The number of hydrogen-bond acceptors (Lipinski definition) is 3. The molecule has 1 aliphatic carbocycles. The van der Waals surface area contributed by atoms with Crippen LogP contribution >= 0.6 is 11.6 Å². The van der Waals surface area contributed by atoms with Gasteiger partial charge in [0, 0.05) is 16.0 Å². The van der Waals surface area contributed by atoms with Crippen LogP contribution in [0.15, 0.2) is 45.7 Å². The van der Waals surface area contributed by atoms with Crippen molar-refractivity contribution >= 4 is 28.3 Å². The second-order valence-electron chi connectivity index (χ2n) is 4.96. The Hall–Kier alpha value is -1.59. The maximum Gasteiger partial charge on any atom is 0.287 e. The van der Waals surface area contributed by atoms with E-state index in [1.165, 1.54) is 0 Å². The maximum atomic E-state index is 12.2. The van der Waals surface area contributed by atoms with Crippen LogP contribution in [-0.4, -0.2) is 16.2 Å². The first-order valence-electron chi connectivity index (χ1n) is 6.65. The number of hydrogen-bond donors (Lipinski definition) is 1. The Labute approximate surface area is 129 Å². The summed E-state index contributed by atoms with van der Waals surface area (Å²) in [6.45, 7) is 0. The molecule has 1 unspecified atom stereocenters. The molecule has 0 spiro atoms. The number of carbonyl (C=O) groups is 1. The van der Waals surface area contributed by atoms with E-state index >= 15 is 0 Å². The molecule has 1 aliphatic rings. The third kappa shape index (κ3) is 3.74. The van der Waals surface area contributed by atoms with Crippen molar-refractivity contribution in [2.75, 3.05) is 0 Å². The third-order valence-corrected chi connectivity index (χ3v) is 4.69. The van der Waals surface area contributed by atoms with Gasteiger partial charge >= 0.3 is 0 Å². The Morgan fingerprint density at radius 3 is 2.86 bits per heavy atom. The first-order chi connectivity index (χ1) is 10.1. The van der Waals surface area contributed by atoms with Crippen molar-refractivity contribution in [3.63, 3.8) is 0 Å². The number of carbonyl (C=O) groups excluding carboxylic acids is 1. The molecule has 6 heteroatoms. The van der Waals surface area contributed by atoms with Gasteiger partial charge in [-0.05, 0) is 43.2 Å². The molecule has 1 amide bonds. The topological polar surface area (TPSA) is 59.3 Å². The highest BCUT2D eigenvalue weighted by atomic mass is 35.5. The molecular formula is C15H14ClNO3S. The van der Waals surface area contributed by atoms with Gasteiger partial charge in [-0.1, -0.05) is 17.7 Å². The molecule has 0 aliphatic heterocycles. The Balaban J connectivity index is 1.66. The van der Waals surface area contributed by atoms with Crippen LogP contribution in [-0.2, 0) is 16.6 Å². The largest absolute Gasteiger partial charge is 0.455 e. The minimum Gasteiger partial charge on any atom is -0.455 e. The lowest BCUT2D eigenvalue weighted by Crippen LogP contribution is -2.24. The maximum absolute atomic E-state index is 12.2. The normalized spacial score (nSPS) is 15.7. The molecule has 21 heavy (non-hydrogen) atoms. The van der Waals surface area contributed by atoms with E-state index in [2.05, 4.69) is 5.32 Å². The molecule has 3 rings (SSSR count). The fraction of sp³-hybridized carbons (Fsp3) is 0.267. The lowest BCUT2D eigenvalue weighted by atomic mass is 10.4. The number of furan rings is 1. The van der Waals surface area contributed by atoms with E-state index in [9.17, 15) is 9.00 Å². The monoisotopic (exact) mass is 323 g/mol. The summed E-state index contributed by atoms with van der Waals surface area (Å²) in [6.07, 6.45) is 2.05. The van der Waals surface area contributed by atoms with E-state index in [1.807, 2.05) is 0 Å². The van der Waals surface area contributed by atoms with Crippen LogP contribution in [0.5, 0.6) is 0 Å². The van der Waals surface area contributed by atoms with Gasteiger partial charge in [-0.25, -0.2) is 0 Å². The van der Waals surface area contributed by atoms with Gasteiger partial charge in [0.1, 0.15) is 5.76 Å². The summed E-state index contributed by atoms with van der Waals surface area (Å²) in [5.74, 6) is 0.795. The highest BCUT2D eigenvalue weighted by Gasteiger charge is 2.25. The van der Waals surface area contributed by atoms with Gasteiger partial charge in [-0.3, -0.25) is 9.00 Å². The van der Waals surface area contributed by atoms with Gasteiger partial charge < -0.3 is 9.73 Å². The molecule has 1 fully saturated rings. The summed E-state index contributed by atoms with van der Waals surface area (Å²) in [5.41, 5.74) is 0. The lowest BCUT2D eigenvalue weighted by Gasteiger charge is -2.01. The standard InChI is InChI=1S/C15H14ClNO3S/c16-10-2-1-3-13(8-10)21(19)9-12-6-7-14(20-12)15(18)17-11-4-5-11/h1-3,6-8,11H,4-5,9H2,(H,17,18). The summed E-state index contributed by atoms with van der Waals surface area (Å²) >= 11 is 5.88. The first-order valence-corrected chi connectivity index (χ1v) is 8.35. The molecule has 0 radical (unpaired) electrons. The van der Waals surface area contributed by atoms with Gasteiger partial charge in [-0.2, -0.15) is 0 Å². The molecule has 0 bridgehead atoms. The van der Waals surface area contributed by atoms with Crippen molar-refractivity contribution in [3.8, 4) is 0 Å². The van der Waals surface area contributed by atoms with E-state index < -0.39 is 10.8 Å². The minimum absolute atomic E-state index is 0.211.